The Kier molecular flexibility index (Phi) is 11.0. The lowest BCUT2D eigenvalue weighted by Crippen LogP contribution is -2.44. The fraction of sp³-hybridized carbons (Fsp3) is 0.480. The molecular formula is C25H33ClN4O9. The van der Waals surface area contributed by atoms with Crippen LogP contribution >= 0.6 is 11.6 Å². The SMILES string of the molecule is CC(C)(CN1CCC(CNC(=O)c2cc(Cl)c(N)c3cccnc23)CC1)C(=O)O.O=C(O)C(O)C(O)C(=O)O. The van der Waals surface area contributed by atoms with E-state index in [0.29, 0.717) is 46.2 Å². The van der Waals surface area contributed by atoms with Gasteiger partial charge in [-0.3, -0.25) is 14.6 Å². The van der Waals surface area contributed by atoms with Crippen LogP contribution in [0.5, 0.6) is 0 Å². The number of fused-ring (bicyclic) bond motifs is 1. The van der Waals surface area contributed by atoms with Crippen LogP contribution in [0.4, 0.5) is 5.69 Å². The number of hydrogen-bond donors (Lipinski definition) is 7. The zero-order valence-corrected chi connectivity index (χ0v) is 22.3. The molecule has 1 aliphatic rings. The van der Waals surface area contributed by atoms with E-state index in [1.807, 2.05) is 0 Å². The molecule has 1 aromatic carbocycles. The molecule has 0 spiro atoms. The van der Waals surface area contributed by atoms with Crippen LogP contribution in [0.2, 0.25) is 5.02 Å². The summed E-state index contributed by atoms with van der Waals surface area (Å²) in [4.78, 5) is 50.1. The van der Waals surface area contributed by atoms with Gasteiger partial charge in [0.25, 0.3) is 5.91 Å². The minimum Gasteiger partial charge on any atom is -0.481 e. The Balaban J connectivity index is 0.000000455. The Morgan fingerprint density at radius 1 is 1.13 bits per heavy atom. The Labute approximate surface area is 229 Å². The molecule has 1 amide bonds. The fourth-order valence-corrected chi connectivity index (χ4v) is 4.20. The Morgan fingerprint density at radius 2 is 1.69 bits per heavy atom. The van der Waals surface area contributed by atoms with Crippen LogP contribution in [0.1, 0.15) is 37.0 Å². The van der Waals surface area contributed by atoms with E-state index in [4.69, 9.17) is 37.8 Å². The maximum Gasteiger partial charge on any atom is 0.335 e. The van der Waals surface area contributed by atoms with Crippen molar-refractivity contribution in [3.63, 3.8) is 0 Å². The van der Waals surface area contributed by atoms with Crippen LogP contribution < -0.4 is 11.1 Å². The van der Waals surface area contributed by atoms with Gasteiger partial charge in [0.2, 0.25) is 0 Å². The number of rotatable bonds is 9. The van der Waals surface area contributed by atoms with Gasteiger partial charge in [-0.1, -0.05) is 11.6 Å². The van der Waals surface area contributed by atoms with Crippen LogP contribution in [-0.4, -0.2) is 97.6 Å². The van der Waals surface area contributed by atoms with Crippen LogP contribution in [0, 0.1) is 11.3 Å². The first kappa shape index (κ1) is 31.7. The van der Waals surface area contributed by atoms with Crippen molar-refractivity contribution in [3.05, 3.63) is 35.0 Å². The normalized spacial score (nSPS) is 16.0. The van der Waals surface area contributed by atoms with Gasteiger partial charge in [0.1, 0.15) is 0 Å². The molecule has 2 heterocycles. The Morgan fingerprint density at radius 3 is 2.21 bits per heavy atom. The molecule has 1 fully saturated rings. The molecule has 0 radical (unpaired) electrons. The number of aliphatic carboxylic acids is 3. The van der Waals surface area contributed by atoms with Gasteiger partial charge >= 0.3 is 17.9 Å². The number of carboxylic acids is 3. The van der Waals surface area contributed by atoms with Gasteiger partial charge < -0.3 is 41.5 Å². The van der Waals surface area contributed by atoms with E-state index in [0.717, 1.165) is 25.9 Å². The summed E-state index contributed by atoms with van der Waals surface area (Å²) in [5.74, 6) is -4.18. The van der Waals surface area contributed by atoms with Crippen molar-refractivity contribution in [2.45, 2.75) is 38.9 Å². The summed E-state index contributed by atoms with van der Waals surface area (Å²) in [5.41, 5.74) is 6.62. The van der Waals surface area contributed by atoms with Gasteiger partial charge in [0.05, 0.1) is 27.2 Å². The molecule has 2 aromatic rings. The maximum atomic E-state index is 12.8. The predicted octanol–water partition coefficient (Wildman–Crippen LogP) is 0.900. The van der Waals surface area contributed by atoms with E-state index in [1.54, 1.807) is 38.2 Å². The number of pyridine rings is 1. The average Bonchev–Trinajstić information content (AvgIpc) is 2.89. The van der Waals surface area contributed by atoms with E-state index in [-0.39, 0.29) is 5.91 Å². The van der Waals surface area contributed by atoms with Crippen LogP contribution in [0.25, 0.3) is 10.9 Å². The molecule has 14 heteroatoms. The summed E-state index contributed by atoms with van der Waals surface area (Å²) in [6.45, 7) is 6.24. The molecule has 1 aliphatic heterocycles. The number of aliphatic hydroxyl groups is 2. The van der Waals surface area contributed by atoms with Gasteiger partial charge in [-0.05, 0) is 63.9 Å². The number of halogens is 1. The van der Waals surface area contributed by atoms with Crippen LogP contribution in [-0.2, 0) is 14.4 Å². The number of nitrogens with zero attached hydrogens (tertiary/aromatic N) is 2. The first-order valence-corrected chi connectivity index (χ1v) is 12.4. The largest absolute Gasteiger partial charge is 0.481 e. The number of benzene rings is 1. The van der Waals surface area contributed by atoms with Crippen molar-refractivity contribution in [2.24, 2.45) is 11.3 Å². The molecule has 0 saturated carbocycles. The number of carbonyl (C=O) groups excluding carboxylic acids is 1. The number of nitrogens with one attached hydrogen (secondary N) is 1. The van der Waals surface area contributed by atoms with Crippen LogP contribution in [0.3, 0.4) is 0 Å². The lowest BCUT2D eigenvalue weighted by atomic mass is 9.90. The van der Waals surface area contributed by atoms with Crippen molar-refractivity contribution >= 4 is 52.0 Å². The molecule has 39 heavy (non-hydrogen) atoms. The number of anilines is 1. The molecular weight excluding hydrogens is 536 g/mol. The summed E-state index contributed by atoms with van der Waals surface area (Å²) in [6, 6.07) is 5.13. The minimum atomic E-state index is -2.27. The standard InChI is InChI=1S/C21H27ClN4O3.C4H6O6/c1-21(2,20(28)29)12-26-8-5-13(6-9-26)11-25-19(27)15-10-16(22)17(23)14-4-3-7-24-18(14)15;5-1(3(7)8)2(6)4(9)10/h3-4,7,10,13H,5-6,8-9,11-12,23H2,1-2H3,(H,25,27)(H,28,29);1-2,5-6H,(H,7,8)(H,9,10). The highest BCUT2D eigenvalue weighted by Gasteiger charge is 2.32. The second kappa shape index (κ2) is 13.5. The van der Waals surface area contributed by atoms with E-state index in [1.165, 1.54) is 0 Å². The topological polar surface area (TPSA) is 224 Å². The number of likely N-dealkylation sites (tertiary alicyclic amines) is 1. The average molecular weight is 569 g/mol. The van der Waals surface area contributed by atoms with Crippen molar-refractivity contribution < 1.29 is 44.7 Å². The lowest BCUT2D eigenvalue weighted by Gasteiger charge is -2.35. The van der Waals surface area contributed by atoms with Crippen LogP contribution in [0.15, 0.2) is 24.4 Å². The first-order chi connectivity index (χ1) is 18.2. The third-order valence-electron chi connectivity index (χ3n) is 6.39. The number of nitrogen functional groups attached to an aromatic ring is 1. The quantitative estimate of drug-likeness (QED) is 0.209. The summed E-state index contributed by atoms with van der Waals surface area (Å²) in [6.07, 6.45) is -1.08. The summed E-state index contributed by atoms with van der Waals surface area (Å²) < 4.78 is 0. The third kappa shape index (κ3) is 8.48. The molecule has 214 valence electrons. The Bertz CT molecular complexity index is 1200. The summed E-state index contributed by atoms with van der Waals surface area (Å²) >= 11 is 6.20. The molecule has 1 saturated heterocycles. The zero-order chi connectivity index (χ0) is 29.5. The number of hydrogen-bond acceptors (Lipinski definition) is 9. The highest BCUT2D eigenvalue weighted by molar-refractivity contribution is 6.35. The van der Waals surface area contributed by atoms with Crippen molar-refractivity contribution in [2.75, 3.05) is 31.9 Å². The number of aliphatic hydroxyl groups excluding tert-OH is 2. The van der Waals surface area contributed by atoms with E-state index in [2.05, 4.69) is 15.2 Å². The molecule has 2 unspecified atom stereocenters. The van der Waals surface area contributed by atoms with Gasteiger partial charge in [-0.15, -0.1) is 0 Å². The van der Waals surface area contributed by atoms with Gasteiger partial charge in [-0.2, -0.15) is 0 Å². The highest BCUT2D eigenvalue weighted by atomic mass is 35.5. The molecule has 8 N–H and O–H groups in total. The number of piperidine rings is 1. The predicted molar refractivity (Wildman–Crippen MR) is 141 cm³/mol. The summed E-state index contributed by atoms with van der Waals surface area (Å²) in [7, 11) is 0. The van der Waals surface area contributed by atoms with E-state index in [9.17, 15) is 24.3 Å². The lowest BCUT2D eigenvalue weighted by molar-refractivity contribution is -0.165. The van der Waals surface area contributed by atoms with Gasteiger partial charge in [0.15, 0.2) is 12.2 Å². The minimum absolute atomic E-state index is 0.218. The second-order valence-electron chi connectivity index (χ2n) is 9.90. The summed E-state index contributed by atoms with van der Waals surface area (Å²) in [5, 5.41) is 45.8. The number of aromatic nitrogens is 1. The number of amides is 1. The van der Waals surface area contributed by atoms with E-state index >= 15 is 0 Å². The molecule has 3 rings (SSSR count). The molecule has 0 bridgehead atoms. The third-order valence-corrected chi connectivity index (χ3v) is 6.70. The second-order valence-corrected chi connectivity index (χ2v) is 10.3. The molecule has 2 atom stereocenters. The first-order valence-electron chi connectivity index (χ1n) is 12.0. The van der Waals surface area contributed by atoms with E-state index < -0.39 is 35.5 Å². The fourth-order valence-electron chi connectivity index (χ4n) is 3.99. The molecule has 0 aliphatic carbocycles. The molecule has 13 nitrogen and oxygen atoms in total. The van der Waals surface area contributed by atoms with Gasteiger partial charge in [-0.25, -0.2) is 9.59 Å². The monoisotopic (exact) mass is 568 g/mol. The zero-order valence-electron chi connectivity index (χ0n) is 21.5. The Hall–Kier alpha value is -3.52. The van der Waals surface area contributed by atoms with Gasteiger partial charge in [0, 0.05) is 24.7 Å². The highest BCUT2D eigenvalue weighted by Crippen LogP contribution is 2.30. The smallest absolute Gasteiger partial charge is 0.335 e. The van der Waals surface area contributed by atoms with Crippen molar-refractivity contribution in [1.82, 2.24) is 15.2 Å². The number of nitrogens with two attached hydrogens (primary N) is 1. The number of carbonyl (C=O) groups is 4. The van der Waals surface area contributed by atoms with Crippen molar-refractivity contribution in [3.8, 4) is 0 Å². The number of carboxylic acid groups (broad SMARTS) is 3. The van der Waals surface area contributed by atoms with Crippen molar-refractivity contribution in [1.29, 1.82) is 0 Å². The molecule has 1 aromatic heterocycles. The maximum absolute atomic E-state index is 12.8.